The van der Waals surface area contributed by atoms with Crippen molar-refractivity contribution in [3.05, 3.63) is 65.5 Å². The predicted molar refractivity (Wildman–Crippen MR) is 81.0 cm³/mol. The number of rotatable bonds is 4. The van der Waals surface area contributed by atoms with Gasteiger partial charge >= 0.3 is 0 Å². The largest absolute Gasteiger partial charge is 0.395 e. The van der Waals surface area contributed by atoms with Gasteiger partial charge in [-0.3, -0.25) is 0 Å². The average molecular weight is 286 g/mol. The van der Waals surface area contributed by atoms with Crippen LogP contribution in [0.2, 0.25) is 0 Å². The van der Waals surface area contributed by atoms with Gasteiger partial charge in [-0.2, -0.15) is 0 Å². The quantitative estimate of drug-likeness (QED) is 0.680. The highest BCUT2D eigenvalue weighted by Crippen LogP contribution is 2.23. The Kier molecular flexibility index (Phi) is 5.67. The lowest BCUT2D eigenvalue weighted by atomic mass is 10.1. The molecule has 0 atom stereocenters. The molecule has 0 unspecified atom stereocenters. The van der Waals surface area contributed by atoms with Crippen LogP contribution >= 0.6 is 11.8 Å². The summed E-state index contributed by atoms with van der Waals surface area (Å²) in [4.78, 5) is 1.04. The Morgan fingerprint density at radius 1 is 1.10 bits per heavy atom. The van der Waals surface area contributed by atoms with Crippen molar-refractivity contribution in [2.75, 3.05) is 6.61 Å². The van der Waals surface area contributed by atoms with E-state index in [1.54, 1.807) is 23.9 Å². The number of hydrogen-bond donors (Lipinski definition) is 1. The zero-order chi connectivity index (χ0) is 14.2. The summed E-state index contributed by atoms with van der Waals surface area (Å²) in [5, 5.41) is 8.70. The van der Waals surface area contributed by atoms with Gasteiger partial charge in [0.25, 0.3) is 0 Å². The van der Waals surface area contributed by atoms with Crippen LogP contribution in [-0.4, -0.2) is 11.7 Å². The van der Waals surface area contributed by atoms with Gasteiger partial charge in [0.05, 0.1) is 6.61 Å². The van der Waals surface area contributed by atoms with Gasteiger partial charge in [0.1, 0.15) is 5.82 Å². The summed E-state index contributed by atoms with van der Waals surface area (Å²) in [6.07, 6.45) is 0.495. The van der Waals surface area contributed by atoms with Crippen molar-refractivity contribution in [3.63, 3.8) is 0 Å². The first kappa shape index (κ1) is 14.6. The molecule has 1 nitrogen and oxygen atoms in total. The monoisotopic (exact) mass is 286 g/mol. The molecule has 0 bridgehead atoms. The summed E-state index contributed by atoms with van der Waals surface area (Å²) < 4.78 is 12.8. The highest BCUT2D eigenvalue weighted by molar-refractivity contribution is 7.98. The molecule has 0 aliphatic carbocycles. The zero-order valence-electron chi connectivity index (χ0n) is 11.0. The van der Waals surface area contributed by atoms with Gasteiger partial charge in [0.2, 0.25) is 0 Å². The molecule has 102 valence electrons. The Bertz CT molecular complexity index is 611. The molecule has 1 N–H and O–H groups in total. The van der Waals surface area contributed by atoms with Crippen LogP contribution < -0.4 is 0 Å². The minimum Gasteiger partial charge on any atom is -0.395 e. The maximum atomic E-state index is 12.8. The lowest BCUT2D eigenvalue weighted by molar-refractivity contribution is 0.305. The number of thioether (sulfide) groups is 1. The highest BCUT2D eigenvalue weighted by Gasteiger charge is 1.98. The van der Waals surface area contributed by atoms with Gasteiger partial charge in [0.15, 0.2) is 0 Å². The van der Waals surface area contributed by atoms with E-state index in [-0.39, 0.29) is 12.4 Å². The van der Waals surface area contributed by atoms with Crippen LogP contribution in [0.1, 0.15) is 17.5 Å². The summed E-state index contributed by atoms with van der Waals surface area (Å²) in [6, 6.07) is 14.5. The van der Waals surface area contributed by atoms with Gasteiger partial charge in [-0.05, 0) is 42.0 Å². The SMILES string of the molecule is OCCC#Cc1cccc(CSc2ccc(F)cc2)c1. The van der Waals surface area contributed by atoms with Crippen molar-refractivity contribution in [2.24, 2.45) is 0 Å². The van der Waals surface area contributed by atoms with E-state index in [0.717, 1.165) is 16.2 Å². The van der Waals surface area contributed by atoms with Crippen LogP contribution in [0.3, 0.4) is 0 Å². The summed E-state index contributed by atoms with van der Waals surface area (Å²) in [6.45, 7) is 0.0904. The summed E-state index contributed by atoms with van der Waals surface area (Å²) in [5.41, 5.74) is 2.13. The number of aliphatic hydroxyl groups excluding tert-OH is 1. The van der Waals surface area contributed by atoms with Crippen molar-refractivity contribution in [1.29, 1.82) is 0 Å². The van der Waals surface area contributed by atoms with Crippen LogP contribution in [0.4, 0.5) is 4.39 Å². The molecular formula is C17H15FOS. The maximum Gasteiger partial charge on any atom is 0.123 e. The van der Waals surface area contributed by atoms with Crippen molar-refractivity contribution in [3.8, 4) is 11.8 Å². The van der Waals surface area contributed by atoms with Crippen molar-refractivity contribution < 1.29 is 9.50 Å². The molecule has 2 aromatic carbocycles. The van der Waals surface area contributed by atoms with Crippen molar-refractivity contribution >= 4 is 11.8 Å². The summed E-state index contributed by atoms with van der Waals surface area (Å²) in [7, 11) is 0. The van der Waals surface area contributed by atoms with E-state index >= 15 is 0 Å². The Labute approximate surface area is 122 Å². The molecule has 2 aromatic rings. The van der Waals surface area contributed by atoms with E-state index < -0.39 is 0 Å². The van der Waals surface area contributed by atoms with Gasteiger partial charge in [-0.1, -0.05) is 24.0 Å². The second kappa shape index (κ2) is 7.74. The van der Waals surface area contributed by atoms with E-state index in [4.69, 9.17) is 5.11 Å². The lowest BCUT2D eigenvalue weighted by Crippen LogP contribution is -1.84. The van der Waals surface area contributed by atoms with Gasteiger partial charge < -0.3 is 5.11 Å². The van der Waals surface area contributed by atoms with Crippen LogP contribution in [0.15, 0.2) is 53.4 Å². The molecule has 3 heteroatoms. The molecule has 0 saturated heterocycles. The van der Waals surface area contributed by atoms with E-state index in [0.29, 0.717) is 6.42 Å². The van der Waals surface area contributed by atoms with E-state index in [2.05, 4.69) is 11.8 Å². The fourth-order valence-corrected chi connectivity index (χ4v) is 2.50. The molecule has 2 rings (SSSR count). The molecule has 0 aromatic heterocycles. The minimum atomic E-state index is -0.212. The van der Waals surface area contributed by atoms with E-state index in [1.807, 2.05) is 24.3 Å². The molecule has 0 saturated carbocycles. The van der Waals surface area contributed by atoms with Crippen LogP contribution in [-0.2, 0) is 5.75 Å². The highest BCUT2D eigenvalue weighted by atomic mass is 32.2. The molecule has 0 aliphatic rings. The lowest BCUT2D eigenvalue weighted by Gasteiger charge is -2.02. The normalized spacial score (nSPS) is 9.90. The van der Waals surface area contributed by atoms with Gasteiger partial charge in [-0.15, -0.1) is 11.8 Å². The van der Waals surface area contributed by atoms with Crippen LogP contribution in [0, 0.1) is 17.7 Å². The Morgan fingerprint density at radius 3 is 2.65 bits per heavy atom. The first-order valence-electron chi connectivity index (χ1n) is 6.35. The third kappa shape index (κ3) is 4.73. The molecular weight excluding hydrogens is 271 g/mol. The number of halogens is 1. The third-order valence-electron chi connectivity index (χ3n) is 2.62. The van der Waals surface area contributed by atoms with Crippen molar-refractivity contribution in [2.45, 2.75) is 17.1 Å². The topological polar surface area (TPSA) is 20.2 Å². The maximum absolute atomic E-state index is 12.8. The average Bonchev–Trinajstić information content (AvgIpc) is 2.47. The van der Waals surface area contributed by atoms with Crippen LogP contribution in [0.5, 0.6) is 0 Å². The Morgan fingerprint density at radius 2 is 1.90 bits per heavy atom. The number of benzene rings is 2. The van der Waals surface area contributed by atoms with E-state index in [9.17, 15) is 4.39 Å². The third-order valence-corrected chi connectivity index (χ3v) is 3.70. The standard InChI is InChI=1S/C17H15FOS/c18-16-7-9-17(10-8-16)20-13-15-6-3-5-14(12-15)4-1-2-11-19/h3,5-10,12,19H,2,11,13H2. The van der Waals surface area contributed by atoms with Crippen molar-refractivity contribution in [1.82, 2.24) is 0 Å². The molecule has 20 heavy (non-hydrogen) atoms. The molecule has 0 spiro atoms. The molecule has 0 heterocycles. The molecule has 0 fully saturated rings. The Hall–Kier alpha value is -1.76. The van der Waals surface area contributed by atoms with Gasteiger partial charge in [0, 0.05) is 22.6 Å². The number of aliphatic hydroxyl groups is 1. The fraction of sp³-hybridized carbons (Fsp3) is 0.176. The first-order valence-corrected chi connectivity index (χ1v) is 7.33. The zero-order valence-corrected chi connectivity index (χ0v) is 11.8. The number of hydrogen-bond acceptors (Lipinski definition) is 2. The minimum absolute atomic E-state index is 0.0904. The molecule has 0 amide bonds. The summed E-state index contributed by atoms with van der Waals surface area (Å²) in [5.74, 6) is 6.54. The Balaban J connectivity index is 1.98. The molecule has 0 aliphatic heterocycles. The summed E-state index contributed by atoms with van der Waals surface area (Å²) >= 11 is 1.66. The smallest absolute Gasteiger partial charge is 0.123 e. The van der Waals surface area contributed by atoms with E-state index in [1.165, 1.54) is 17.7 Å². The fourth-order valence-electron chi connectivity index (χ4n) is 1.66. The predicted octanol–water partition coefficient (Wildman–Crippen LogP) is 3.85. The van der Waals surface area contributed by atoms with Gasteiger partial charge in [-0.25, -0.2) is 4.39 Å². The molecule has 0 radical (unpaired) electrons. The second-order valence-corrected chi connectivity index (χ2v) is 5.27. The van der Waals surface area contributed by atoms with Crippen LogP contribution in [0.25, 0.3) is 0 Å². The second-order valence-electron chi connectivity index (χ2n) is 4.22. The first-order chi connectivity index (χ1) is 9.78.